The maximum atomic E-state index is 12.5. The van der Waals surface area contributed by atoms with E-state index in [4.69, 9.17) is 23.2 Å². The molecule has 26 heavy (non-hydrogen) atoms. The number of benzene rings is 1. The highest BCUT2D eigenvalue weighted by Crippen LogP contribution is 2.26. The topological polar surface area (TPSA) is 65.5 Å². The van der Waals surface area contributed by atoms with Gasteiger partial charge in [-0.3, -0.25) is 9.59 Å². The smallest absolute Gasteiger partial charge is 0.255 e. The quantitative estimate of drug-likeness (QED) is 0.869. The van der Waals surface area contributed by atoms with Crippen LogP contribution in [0.4, 0.5) is 11.5 Å². The minimum absolute atomic E-state index is 0.0733. The van der Waals surface area contributed by atoms with Crippen LogP contribution in [-0.4, -0.2) is 47.9 Å². The summed E-state index contributed by atoms with van der Waals surface area (Å²) in [5, 5.41) is 3.67. The van der Waals surface area contributed by atoms with Gasteiger partial charge >= 0.3 is 0 Å². The number of piperazine rings is 1. The van der Waals surface area contributed by atoms with Gasteiger partial charge in [0.2, 0.25) is 5.91 Å². The van der Waals surface area contributed by atoms with Crippen molar-refractivity contribution in [1.29, 1.82) is 0 Å². The first kappa shape index (κ1) is 18.5. The zero-order chi connectivity index (χ0) is 18.7. The highest BCUT2D eigenvalue weighted by Gasteiger charge is 2.20. The molecule has 1 aromatic heterocycles. The number of aromatic nitrogens is 1. The normalized spacial score (nSPS) is 14.3. The van der Waals surface area contributed by atoms with Gasteiger partial charge < -0.3 is 15.1 Å². The number of nitrogens with zero attached hydrogens (tertiary/aromatic N) is 3. The third-order valence-electron chi connectivity index (χ3n) is 4.23. The maximum absolute atomic E-state index is 12.5. The van der Waals surface area contributed by atoms with Crippen molar-refractivity contribution in [1.82, 2.24) is 9.88 Å². The number of hydrogen-bond donors (Lipinski definition) is 1. The minimum Gasteiger partial charge on any atom is -0.353 e. The highest BCUT2D eigenvalue weighted by atomic mass is 35.5. The molecule has 0 aliphatic carbocycles. The molecular weight excluding hydrogens is 375 g/mol. The molecule has 1 saturated heterocycles. The fourth-order valence-electron chi connectivity index (χ4n) is 2.77. The summed E-state index contributed by atoms with van der Waals surface area (Å²) >= 11 is 12.0. The van der Waals surface area contributed by atoms with E-state index in [0.29, 0.717) is 53.3 Å². The van der Waals surface area contributed by atoms with Crippen molar-refractivity contribution in [2.24, 2.45) is 0 Å². The number of halogens is 2. The summed E-state index contributed by atoms with van der Waals surface area (Å²) in [6.45, 7) is 4.21. The summed E-state index contributed by atoms with van der Waals surface area (Å²) in [5.74, 6) is 0.488. The van der Waals surface area contributed by atoms with Crippen LogP contribution in [-0.2, 0) is 4.79 Å². The molecule has 3 rings (SSSR count). The molecule has 0 bridgehead atoms. The van der Waals surface area contributed by atoms with Gasteiger partial charge in [-0.1, -0.05) is 23.2 Å². The average molecular weight is 393 g/mol. The van der Waals surface area contributed by atoms with E-state index in [1.54, 1.807) is 48.4 Å². The van der Waals surface area contributed by atoms with Gasteiger partial charge in [-0.05, 0) is 30.3 Å². The van der Waals surface area contributed by atoms with Crippen LogP contribution in [0.3, 0.4) is 0 Å². The second-order valence-electron chi connectivity index (χ2n) is 5.97. The summed E-state index contributed by atoms with van der Waals surface area (Å²) in [6.07, 6.45) is 1.60. The van der Waals surface area contributed by atoms with Crippen molar-refractivity contribution in [2.75, 3.05) is 36.4 Å². The summed E-state index contributed by atoms with van der Waals surface area (Å²) in [6, 6.07) is 8.27. The first-order valence-corrected chi connectivity index (χ1v) is 8.92. The molecular formula is C18H18Cl2N4O2. The highest BCUT2D eigenvalue weighted by molar-refractivity contribution is 6.35. The van der Waals surface area contributed by atoms with Crippen molar-refractivity contribution >= 4 is 46.5 Å². The van der Waals surface area contributed by atoms with E-state index in [0.717, 1.165) is 0 Å². The SMILES string of the molecule is CC(=O)N1CCN(c2cc(C(=O)Nc3cc(Cl)ccc3Cl)ccn2)CC1. The van der Waals surface area contributed by atoms with Crippen LogP contribution in [0.5, 0.6) is 0 Å². The Morgan fingerprint density at radius 3 is 2.50 bits per heavy atom. The van der Waals surface area contributed by atoms with Crippen LogP contribution in [0.25, 0.3) is 0 Å². The summed E-state index contributed by atoms with van der Waals surface area (Å²) < 4.78 is 0. The molecule has 1 N–H and O–H groups in total. The van der Waals surface area contributed by atoms with E-state index >= 15 is 0 Å². The van der Waals surface area contributed by atoms with Crippen LogP contribution < -0.4 is 10.2 Å². The Labute approximate surface area is 161 Å². The largest absolute Gasteiger partial charge is 0.353 e. The third-order valence-corrected chi connectivity index (χ3v) is 4.80. The van der Waals surface area contributed by atoms with Crippen LogP contribution in [0.15, 0.2) is 36.5 Å². The Balaban J connectivity index is 1.72. The molecule has 2 heterocycles. The molecule has 1 aliphatic rings. The lowest BCUT2D eigenvalue weighted by Gasteiger charge is -2.35. The number of amides is 2. The second-order valence-corrected chi connectivity index (χ2v) is 6.82. The maximum Gasteiger partial charge on any atom is 0.255 e. The first-order valence-electron chi connectivity index (χ1n) is 8.17. The fraction of sp³-hybridized carbons (Fsp3) is 0.278. The van der Waals surface area contributed by atoms with Gasteiger partial charge in [0.25, 0.3) is 5.91 Å². The molecule has 0 radical (unpaired) electrons. The van der Waals surface area contributed by atoms with Crippen molar-refractivity contribution in [3.8, 4) is 0 Å². The zero-order valence-electron chi connectivity index (χ0n) is 14.2. The first-order chi connectivity index (χ1) is 12.4. The molecule has 0 atom stereocenters. The lowest BCUT2D eigenvalue weighted by atomic mass is 10.2. The van der Waals surface area contributed by atoms with Crippen molar-refractivity contribution in [3.05, 3.63) is 52.1 Å². The van der Waals surface area contributed by atoms with Crippen LogP contribution in [0.1, 0.15) is 17.3 Å². The molecule has 2 amide bonds. The Bertz CT molecular complexity index is 836. The van der Waals surface area contributed by atoms with E-state index in [1.165, 1.54) is 0 Å². The number of nitrogens with one attached hydrogen (secondary N) is 1. The zero-order valence-corrected chi connectivity index (χ0v) is 15.7. The van der Waals surface area contributed by atoms with Crippen molar-refractivity contribution in [2.45, 2.75) is 6.92 Å². The van der Waals surface area contributed by atoms with Crippen LogP contribution in [0, 0.1) is 0 Å². The molecule has 2 aromatic rings. The number of anilines is 2. The minimum atomic E-state index is -0.291. The lowest BCUT2D eigenvalue weighted by molar-refractivity contribution is -0.129. The molecule has 6 nitrogen and oxygen atoms in total. The Kier molecular flexibility index (Phi) is 5.64. The second kappa shape index (κ2) is 7.93. The van der Waals surface area contributed by atoms with Crippen molar-refractivity contribution in [3.63, 3.8) is 0 Å². The van der Waals surface area contributed by atoms with E-state index < -0.39 is 0 Å². The monoisotopic (exact) mass is 392 g/mol. The molecule has 8 heteroatoms. The van der Waals surface area contributed by atoms with Gasteiger partial charge in [0, 0.05) is 49.9 Å². The Hall–Kier alpha value is -2.31. The molecule has 0 unspecified atom stereocenters. The predicted octanol–water partition coefficient (Wildman–Crippen LogP) is 3.31. The number of carbonyl (C=O) groups excluding carboxylic acids is 2. The number of carbonyl (C=O) groups is 2. The van der Waals surface area contributed by atoms with Gasteiger partial charge in [0.1, 0.15) is 5.82 Å². The van der Waals surface area contributed by atoms with Gasteiger partial charge in [-0.25, -0.2) is 4.98 Å². The van der Waals surface area contributed by atoms with E-state index in [1.807, 2.05) is 0 Å². The Morgan fingerprint density at radius 1 is 1.08 bits per heavy atom. The van der Waals surface area contributed by atoms with Crippen LogP contribution >= 0.6 is 23.2 Å². The molecule has 0 saturated carbocycles. The fourth-order valence-corrected chi connectivity index (χ4v) is 3.11. The number of hydrogen-bond acceptors (Lipinski definition) is 4. The van der Waals surface area contributed by atoms with Gasteiger partial charge in [0.15, 0.2) is 0 Å². The Morgan fingerprint density at radius 2 is 1.81 bits per heavy atom. The molecule has 1 aromatic carbocycles. The van der Waals surface area contributed by atoms with E-state index in [-0.39, 0.29) is 11.8 Å². The number of rotatable bonds is 3. The van der Waals surface area contributed by atoms with E-state index in [9.17, 15) is 9.59 Å². The standard InChI is InChI=1S/C18H18Cl2N4O2/c1-12(25)23-6-8-24(9-7-23)17-10-13(4-5-21-17)18(26)22-16-11-14(19)2-3-15(16)20/h2-5,10-11H,6-9H2,1H3,(H,22,26). The van der Waals surface area contributed by atoms with Gasteiger partial charge in [-0.15, -0.1) is 0 Å². The predicted molar refractivity (Wildman–Crippen MR) is 103 cm³/mol. The summed E-state index contributed by atoms with van der Waals surface area (Å²) in [4.78, 5) is 32.2. The van der Waals surface area contributed by atoms with Gasteiger partial charge in [0.05, 0.1) is 10.7 Å². The third kappa shape index (κ3) is 4.26. The van der Waals surface area contributed by atoms with Crippen LogP contribution in [0.2, 0.25) is 10.0 Å². The summed E-state index contributed by atoms with van der Waals surface area (Å²) in [7, 11) is 0. The number of pyridine rings is 1. The average Bonchev–Trinajstić information content (AvgIpc) is 2.65. The van der Waals surface area contributed by atoms with Gasteiger partial charge in [-0.2, -0.15) is 0 Å². The molecule has 1 fully saturated rings. The van der Waals surface area contributed by atoms with E-state index in [2.05, 4.69) is 15.2 Å². The molecule has 0 spiro atoms. The molecule has 136 valence electrons. The summed E-state index contributed by atoms with van der Waals surface area (Å²) in [5.41, 5.74) is 0.928. The lowest BCUT2D eigenvalue weighted by Crippen LogP contribution is -2.48. The van der Waals surface area contributed by atoms with Crippen molar-refractivity contribution < 1.29 is 9.59 Å². The molecule has 1 aliphatic heterocycles.